The minimum absolute atomic E-state index is 0.432. The lowest BCUT2D eigenvalue weighted by molar-refractivity contribution is -0.136. The van der Waals surface area contributed by atoms with Crippen LogP contribution in [0.15, 0.2) is 77.9 Å². The monoisotopic (exact) mass is 420 g/mol. The van der Waals surface area contributed by atoms with Crippen molar-refractivity contribution in [1.82, 2.24) is 5.43 Å². The van der Waals surface area contributed by atoms with Crippen LogP contribution in [0.4, 0.5) is 0 Å². The number of hydrogen-bond acceptors (Lipinski definition) is 6. The van der Waals surface area contributed by atoms with Crippen LogP contribution in [0.2, 0.25) is 0 Å². The Kier molecular flexibility index (Phi) is 6.89. The lowest BCUT2D eigenvalue weighted by Crippen LogP contribution is -2.43. The molecule has 0 aliphatic heterocycles. The summed E-state index contributed by atoms with van der Waals surface area (Å²) in [5.41, 5.74) is 2.01. The van der Waals surface area contributed by atoms with Crippen molar-refractivity contribution in [1.29, 1.82) is 0 Å². The summed E-state index contributed by atoms with van der Waals surface area (Å²) in [5.74, 6) is 0.682. The van der Waals surface area contributed by atoms with Gasteiger partial charge in [0.05, 0.1) is 27.5 Å². The van der Waals surface area contributed by atoms with Crippen molar-refractivity contribution in [3.05, 3.63) is 89.5 Å². The van der Waals surface area contributed by atoms with Crippen molar-refractivity contribution in [2.24, 2.45) is 5.10 Å². The van der Waals surface area contributed by atoms with E-state index >= 15 is 0 Å². The van der Waals surface area contributed by atoms with Crippen LogP contribution in [0.5, 0.6) is 17.2 Å². The second-order valence-electron chi connectivity index (χ2n) is 6.60. The number of hydrazone groups is 1. The van der Waals surface area contributed by atoms with E-state index in [-0.39, 0.29) is 0 Å². The van der Waals surface area contributed by atoms with Gasteiger partial charge in [-0.1, -0.05) is 60.7 Å². The Hall–Kier alpha value is -3.84. The molecular weight excluding hydrogens is 396 g/mol. The Labute approximate surface area is 180 Å². The minimum atomic E-state index is -1.91. The molecule has 0 aromatic heterocycles. The molecule has 0 fully saturated rings. The van der Waals surface area contributed by atoms with E-state index in [2.05, 4.69) is 10.5 Å². The molecule has 1 amide bonds. The van der Waals surface area contributed by atoms with Gasteiger partial charge in [-0.05, 0) is 23.3 Å². The van der Waals surface area contributed by atoms with Crippen molar-refractivity contribution < 1.29 is 24.1 Å². The predicted octanol–water partition coefficient (Wildman–Crippen LogP) is 3.10. The molecule has 160 valence electrons. The molecule has 0 saturated heterocycles. The number of methoxy groups -OCH3 is 3. The van der Waals surface area contributed by atoms with Crippen molar-refractivity contribution in [3.63, 3.8) is 0 Å². The average Bonchev–Trinajstić information content (AvgIpc) is 2.83. The first-order valence-electron chi connectivity index (χ1n) is 9.51. The second kappa shape index (κ2) is 9.77. The summed E-state index contributed by atoms with van der Waals surface area (Å²) in [7, 11) is 4.54. The highest BCUT2D eigenvalue weighted by molar-refractivity contribution is 5.91. The maximum Gasteiger partial charge on any atom is 0.281 e. The van der Waals surface area contributed by atoms with Crippen LogP contribution in [-0.2, 0) is 10.4 Å². The fourth-order valence-electron chi connectivity index (χ4n) is 3.21. The molecule has 2 N–H and O–H groups in total. The summed E-state index contributed by atoms with van der Waals surface area (Å²) < 4.78 is 15.9. The van der Waals surface area contributed by atoms with Crippen LogP contribution in [0.3, 0.4) is 0 Å². The molecule has 0 aliphatic rings. The van der Waals surface area contributed by atoms with Gasteiger partial charge in [0.15, 0.2) is 17.1 Å². The van der Waals surface area contributed by atoms with E-state index in [4.69, 9.17) is 14.2 Å². The molecular formula is C24H24N2O5. The summed E-state index contributed by atoms with van der Waals surface area (Å²) in [6, 6.07) is 20.8. The van der Waals surface area contributed by atoms with Crippen molar-refractivity contribution in [3.8, 4) is 17.2 Å². The molecule has 3 aromatic carbocycles. The lowest BCUT2D eigenvalue weighted by Gasteiger charge is -2.27. The Morgan fingerprint density at radius 1 is 0.871 bits per heavy atom. The van der Waals surface area contributed by atoms with E-state index in [1.807, 2.05) is 12.1 Å². The van der Waals surface area contributed by atoms with E-state index in [0.29, 0.717) is 33.9 Å². The van der Waals surface area contributed by atoms with Gasteiger partial charge in [-0.15, -0.1) is 0 Å². The average molecular weight is 420 g/mol. The van der Waals surface area contributed by atoms with Crippen LogP contribution in [-0.4, -0.2) is 38.6 Å². The van der Waals surface area contributed by atoms with Gasteiger partial charge >= 0.3 is 0 Å². The maximum atomic E-state index is 13.1. The highest BCUT2D eigenvalue weighted by Crippen LogP contribution is 2.37. The summed E-state index contributed by atoms with van der Waals surface area (Å²) in [4.78, 5) is 13.1. The number of nitrogens with one attached hydrogen (secondary N) is 1. The molecule has 0 bridgehead atoms. The molecule has 0 saturated carbocycles. The number of ether oxygens (including phenoxy) is 3. The zero-order chi connectivity index (χ0) is 22.3. The van der Waals surface area contributed by atoms with E-state index in [1.54, 1.807) is 60.7 Å². The molecule has 7 heteroatoms. The standard InChI is InChI=1S/C24H24N2O5/c1-29-20-14-17(15-21(30-2)22(20)31-3)16-25-26-23(27)24(28,18-10-6-4-7-11-18)19-12-8-5-9-13-19/h4-16,28H,1-3H3,(H,26,27)/b25-16-. The summed E-state index contributed by atoms with van der Waals surface area (Å²) in [5, 5.41) is 15.4. The molecule has 0 radical (unpaired) electrons. The van der Waals surface area contributed by atoms with Gasteiger partial charge in [-0.3, -0.25) is 4.79 Å². The van der Waals surface area contributed by atoms with E-state index in [9.17, 15) is 9.90 Å². The molecule has 0 unspecified atom stereocenters. The van der Waals surface area contributed by atoms with Crippen LogP contribution in [0.25, 0.3) is 0 Å². The molecule has 0 atom stereocenters. The predicted molar refractivity (Wildman–Crippen MR) is 118 cm³/mol. The third kappa shape index (κ3) is 4.51. The van der Waals surface area contributed by atoms with Gasteiger partial charge in [-0.2, -0.15) is 5.10 Å². The topological polar surface area (TPSA) is 89.4 Å². The number of amides is 1. The first-order chi connectivity index (χ1) is 15.0. The molecule has 31 heavy (non-hydrogen) atoms. The molecule has 0 heterocycles. The first-order valence-corrected chi connectivity index (χ1v) is 9.51. The zero-order valence-corrected chi connectivity index (χ0v) is 17.5. The quantitative estimate of drug-likeness (QED) is 0.432. The SMILES string of the molecule is COc1cc(/C=N\NC(=O)C(O)(c2ccccc2)c2ccccc2)cc(OC)c1OC. The van der Waals surface area contributed by atoms with Gasteiger partial charge in [0.2, 0.25) is 5.75 Å². The van der Waals surface area contributed by atoms with Crippen molar-refractivity contribution >= 4 is 12.1 Å². The fraction of sp³-hybridized carbons (Fsp3) is 0.167. The number of carbonyl (C=O) groups is 1. The number of nitrogens with zero attached hydrogens (tertiary/aromatic N) is 1. The zero-order valence-electron chi connectivity index (χ0n) is 17.5. The van der Waals surface area contributed by atoms with Crippen LogP contribution in [0.1, 0.15) is 16.7 Å². The van der Waals surface area contributed by atoms with Crippen LogP contribution < -0.4 is 19.6 Å². The maximum absolute atomic E-state index is 13.1. The lowest BCUT2D eigenvalue weighted by atomic mass is 9.85. The number of rotatable bonds is 8. The van der Waals surface area contributed by atoms with Gasteiger partial charge < -0.3 is 19.3 Å². The van der Waals surface area contributed by atoms with Gasteiger partial charge in [0.25, 0.3) is 5.91 Å². The smallest absolute Gasteiger partial charge is 0.281 e. The van der Waals surface area contributed by atoms with Crippen molar-refractivity contribution in [2.45, 2.75) is 5.60 Å². The molecule has 0 aliphatic carbocycles. The van der Waals surface area contributed by atoms with Gasteiger partial charge in [-0.25, -0.2) is 5.43 Å². The fourth-order valence-corrected chi connectivity index (χ4v) is 3.21. The largest absolute Gasteiger partial charge is 0.493 e. The summed E-state index contributed by atoms with van der Waals surface area (Å²) in [6.45, 7) is 0. The van der Waals surface area contributed by atoms with Crippen molar-refractivity contribution in [2.75, 3.05) is 21.3 Å². The Morgan fingerprint density at radius 3 is 1.77 bits per heavy atom. The molecule has 3 rings (SSSR count). The normalized spacial score (nSPS) is 11.2. The van der Waals surface area contributed by atoms with Crippen LogP contribution >= 0.6 is 0 Å². The minimum Gasteiger partial charge on any atom is -0.493 e. The van der Waals surface area contributed by atoms with E-state index in [1.165, 1.54) is 27.5 Å². The van der Waals surface area contributed by atoms with E-state index < -0.39 is 11.5 Å². The third-order valence-corrected chi connectivity index (χ3v) is 4.78. The van der Waals surface area contributed by atoms with E-state index in [0.717, 1.165) is 0 Å². The number of carbonyl (C=O) groups excluding carboxylic acids is 1. The Balaban J connectivity index is 1.89. The molecule has 7 nitrogen and oxygen atoms in total. The van der Waals surface area contributed by atoms with Crippen LogP contribution in [0, 0.1) is 0 Å². The first kappa shape index (κ1) is 21.9. The molecule has 0 spiro atoms. The highest BCUT2D eigenvalue weighted by Gasteiger charge is 2.39. The number of benzene rings is 3. The second-order valence-corrected chi connectivity index (χ2v) is 6.60. The van der Waals surface area contributed by atoms with Gasteiger partial charge in [0, 0.05) is 5.56 Å². The summed E-state index contributed by atoms with van der Waals surface area (Å²) >= 11 is 0. The highest BCUT2D eigenvalue weighted by atomic mass is 16.5. The number of aliphatic hydroxyl groups is 1. The third-order valence-electron chi connectivity index (χ3n) is 4.78. The summed E-state index contributed by atoms with van der Waals surface area (Å²) in [6.07, 6.45) is 1.43. The number of hydrogen-bond donors (Lipinski definition) is 2. The van der Waals surface area contributed by atoms with Gasteiger partial charge in [0.1, 0.15) is 0 Å². The Morgan fingerprint density at radius 2 is 1.35 bits per heavy atom. The Bertz CT molecular complexity index is 988. The molecule has 3 aromatic rings.